The fourth-order valence-electron chi connectivity index (χ4n) is 4.29. The van der Waals surface area contributed by atoms with Gasteiger partial charge in [-0.05, 0) is 49.9 Å². The second-order valence-electron chi connectivity index (χ2n) is 8.23. The van der Waals surface area contributed by atoms with Crippen LogP contribution in [0.1, 0.15) is 54.3 Å². The second kappa shape index (κ2) is 8.45. The highest BCUT2D eigenvalue weighted by atomic mass is 16.5. The highest BCUT2D eigenvalue weighted by molar-refractivity contribution is 6.07. The van der Waals surface area contributed by atoms with Crippen LogP contribution in [0.4, 0.5) is 4.79 Å². The first kappa shape index (κ1) is 21.8. The van der Waals surface area contributed by atoms with Gasteiger partial charge >= 0.3 is 12.0 Å². The lowest BCUT2D eigenvalue weighted by Gasteiger charge is -2.42. The molecule has 2 aliphatic rings. The number of urea groups is 1. The maximum atomic E-state index is 13.1. The quantitative estimate of drug-likeness (QED) is 0.544. The van der Waals surface area contributed by atoms with Crippen molar-refractivity contribution in [3.05, 3.63) is 35.4 Å². The molecule has 0 saturated carbocycles. The molecule has 2 aliphatic heterocycles. The maximum Gasteiger partial charge on any atom is 0.337 e. The Kier molecular flexibility index (Phi) is 6.14. The molecule has 0 radical (unpaired) electrons. The molecule has 3 rings (SSSR count). The third-order valence-electron chi connectivity index (χ3n) is 5.92. The molecule has 2 fully saturated rings. The van der Waals surface area contributed by atoms with E-state index in [4.69, 9.17) is 0 Å². The van der Waals surface area contributed by atoms with Gasteiger partial charge in [0.15, 0.2) is 0 Å². The number of likely N-dealkylation sites (N-methyl/N-ethyl adjacent to an activating group) is 1. The molecule has 0 unspecified atom stereocenters. The van der Waals surface area contributed by atoms with Gasteiger partial charge in [0.2, 0.25) is 0 Å². The molecule has 0 bridgehead atoms. The number of piperidine rings is 1. The van der Waals surface area contributed by atoms with Crippen LogP contribution in [0, 0.1) is 5.92 Å². The summed E-state index contributed by atoms with van der Waals surface area (Å²) in [5.74, 6) is -0.515. The van der Waals surface area contributed by atoms with Crippen molar-refractivity contribution in [2.45, 2.75) is 39.2 Å². The number of amides is 4. The Labute approximate surface area is 176 Å². The number of carbonyl (C=O) groups excluding carboxylic acids is 4. The molecule has 162 valence electrons. The molecule has 8 heteroatoms. The number of esters is 1. The molecule has 4 amide bonds. The van der Waals surface area contributed by atoms with Crippen molar-refractivity contribution in [2.75, 3.05) is 33.3 Å². The number of methoxy groups -OCH3 is 1. The second-order valence-corrected chi connectivity index (χ2v) is 8.23. The van der Waals surface area contributed by atoms with Gasteiger partial charge in [0.1, 0.15) is 5.54 Å². The predicted octanol–water partition coefficient (Wildman–Crippen LogP) is 2.39. The molecule has 1 aromatic rings. The summed E-state index contributed by atoms with van der Waals surface area (Å²) in [5.41, 5.74) is -0.00423. The van der Waals surface area contributed by atoms with E-state index < -0.39 is 11.5 Å². The van der Waals surface area contributed by atoms with E-state index in [0.717, 1.165) is 0 Å². The van der Waals surface area contributed by atoms with E-state index in [0.29, 0.717) is 50.1 Å². The van der Waals surface area contributed by atoms with Gasteiger partial charge in [-0.15, -0.1) is 0 Å². The molecular weight excluding hydrogens is 386 g/mol. The van der Waals surface area contributed by atoms with Crippen LogP contribution < -0.4 is 0 Å². The van der Waals surface area contributed by atoms with Crippen molar-refractivity contribution in [1.82, 2.24) is 14.7 Å². The number of nitrogens with zero attached hydrogens (tertiary/aromatic N) is 3. The summed E-state index contributed by atoms with van der Waals surface area (Å²) in [6.07, 6.45) is 0.847. The number of hydrogen-bond donors (Lipinski definition) is 0. The lowest BCUT2D eigenvalue weighted by atomic mass is 9.85. The Hall–Kier alpha value is -2.90. The zero-order valence-corrected chi connectivity index (χ0v) is 18.0. The van der Waals surface area contributed by atoms with E-state index in [1.54, 1.807) is 41.0 Å². The van der Waals surface area contributed by atoms with Crippen LogP contribution in [0.3, 0.4) is 0 Å². The maximum absolute atomic E-state index is 13.1. The molecule has 1 spiro atoms. The lowest BCUT2D eigenvalue weighted by Crippen LogP contribution is -2.58. The molecule has 0 aliphatic carbocycles. The van der Waals surface area contributed by atoms with Gasteiger partial charge in [-0.3, -0.25) is 14.5 Å². The van der Waals surface area contributed by atoms with Crippen LogP contribution in [-0.4, -0.2) is 77.3 Å². The van der Waals surface area contributed by atoms with Crippen LogP contribution in [0.5, 0.6) is 0 Å². The van der Waals surface area contributed by atoms with Gasteiger partial charge in [0.05, 0.1) is 12.7 Å². The van der Waals surface area contributed by atoms with Gasteiger partial charge in [0.25, 0.3) is 11.8 Å². The molecule has 0 atom stereocenters. The Morgan fingerprint density at radius 3 is 2.13 bits per heavy atom. The minimum atomic E-state index is -0.858. The normalized spacial score (nSPS) is 18.5. The molecule has 1 aromatic carbocycles. The fraction of sp³-hybridized carbons (Fsp3) is 0.545. The molecular formula is C22H29N3O5. The van der Waals surface area contributed by atoms with Crippen molar-refractivity contribution < 1.29 is 23.9 Å². The number of likely N-dealkylation sites (tertiary alicyclic amines) is 1. The summed E-state index contributed by atoms with van der Waals surface area (Å²) in [4.78, 5) is 55.2. The summed E-state index contributed by atoms with van der Waals surface area (Å²) in [6.45, 7) is 7.51. The summed E-state index contributed by atoms with van der Waals surface area (Å²) >= 11 is 0. The summed E-state index contributed by atoms with van der Waals surface area (Å²) < 4.78 is 4.68. The van der Waals surface area contributed by atoms with Crippen molar-refractivity contribution >= 4 is 23.8 Å². The minimum Gasteiger partial charge on any atom is -0.465 e. The molecule has 0 N–H and O–H groups in total. The smallest absolute Gasteiger partial charge is 0.337 e. The van der Waals surface area contributed by atoms with Crippen LogP contribution in [0.15, 0.2) is 24.3 Å². The van der Waals surface area contributed by atoms with Crippen molar-refractivity contribution in [3.8, 4) is 0 Å². The summed E-state index contributed by atoms with van der Waals surface area (Å²) in [7, 11) is 1.31. The summed E-state index contributed by atoms with van der Waals surface area (Å²) in [5, 5.41) is 0. The Morgan fingerprint density at radius 1 is 1.07 bits per heavy atom. The van der Waals surface area contributed by atoms with E-state index in [2.05, 4.69) is 4.74 Å². The van der Waals surface area contributed by atoms with E-state index in [9.17, 15) is 19.2 Å². The first-order valence-corrected chi connectivity index (χ1v) is 10.4. The van der Waals surface area contributed by atoms with Gasteiger partial charge in [0, 0.05) is 31.7 Å². The van der Waals surface area contributed by atoms with Crippen LogP contribution in [0.25, 0.3) is 0 Å². The lowest BCUT2D eigenvalue weighted by molar-refractivity contribution is -0.135. The van der Waals surface area contributed by atoms with E-state index in [1.165, 1.54) is 12.0 Å². The van der Waals surface area contributed by atoms with E-state index >= 15 is 0 Å². The SMILES string of the molecule is CCN1C(=O)N(CC(C)C)C2(CCN(C(=O)c3ccc(C(=O)OC)cc3)CC2)C1=O. The number of ether oxygens (including phenoxy) is 1. The van der Waals surface area contributed by atoms with Gasteiger partial charge in [-0.2, -0.15) is 0 Å². The molecule has 2 heterocycles. The Bertz CT molecular complexity index is 841. The van der Waals surface area contributed by atoms with E-state index in [-0.39, 0.29) is 23.8 Å². The molecule has 2 saturated heterocycles. The third kappa shape index (κ3) is 3.66. The summed E-state index contributed by atoms with van der Waals surface area (Å²) in [6, 6.07) is 6.11. The molecule has 0 aromatic heterocycles. The van der Waals surface area contributed by atoms with Crippen LogP contribution >= 0.6 is 0 Å². The average molecular weight is 415 g/mol. The van der Waals surface area contributed by atoms with Crippen LogP contribution in [0.2, 0.25) is 0 Å². The fourth-order valence-corrected chi connectivity index (χ4v) is 4.29. The van der Waals surface area contributed by atoms with Crippen molar-refractivity contribution in [3.63, 3.8) is 0 Å². The van der Waals surface area contributed by atoms with Crippen molar-refractivity contribution in [1.29, 1.82) is 0 Å². The first-order chi connectivity index (χ1) is 14.2. The predicted molar refractivity (Wildman–Crippen MR) is 110 cm³/mol. The first-order valence-electron chi connectivity index (χ1n) is 10.4. The number of rotatable bonds is 5. The number of carbonyl (C=O) groups is 4. The van der Waals surface area contributed by atoms with Crippen molar-refractivity contribution in [2.24, 2.45) is 5.92 Å². The van der Waals surface area contributed by atoms with Gasteiger partial charge < -0.3 is 14.5 Å². The van der Waals surface area contributed by atoms with Gasteiger partial charge in [-0.25, -0.2) is 9.59 Å². The number of hydrogen-bond acceptors (Lipinski definition) is 5. The van der Waals surface area contributed by atoms with E-state index in [1.807, 2.05) is 13.8 Å². The third-order valence-corrected chi connectivity index (χ3v) is 5.92. The molecule has 8 nitrogen and oxygen atoms in total. The zero-order valence-electron chi connectivity index (χ0n) is 18.0. The average Bonchev–Trinajstić information content (AvgIpc) is 2.94. The van der Waals surface area contributed by atoms with Crippen LogP contribution in [-0.2, 0) is 9.53 Å². The highest BCUT2D eigenvalue weighted by Gasteiger charge is 2.57. The standard InChI is InChI=1S/C22H29N3O5/c1-5-24-20(28)22(25(21(24)29)14-15(2)3)10-12-23(13-11-22)18(26)16-6-8-17(9-7-16)19(27)30-4/h6-9,15H,5,10-14H2,1-4H3. The topological polar surface area (TPSA) is 87.2 Å². The highest BCUT2D eigenvalue weighted by Crippen LogP contribution is 2.38. The zero-order chi connectivity index (χ0) is 22.1. The number of benzene rings is 1. The molecule has 30 heavy (non-hydrogen) atoms. The monoisotopic (exact) mass is 415 g/mol. The Balaban J connectivity index is 1.75. The largest absolute Gasteiger partial charge is 0.465 e. The van der Waals surface area contributed by atoms with Gasteiger partial charge in [-0.1, -0.05) is 13.8 Å². The Morgan fingerprint density at radius 2 is 1.63 bits per heavy atom. The number of imide groups is 1. The minimum absolute atomic E-state index is 0.148.